The smallest absolute Gasteiger partial charge is 0.235 e. The van der Waals surface area contributed by atoms with Crippen LogP contribution in [0.1, 0.15) is 6.42 Å². The van der Waals surface area contributed by atoms with E-state index in [1.807, 2.05) is 40.9 Å². The largest absolute Gasteiger partial charge is 0.383 e. The standard InChI is InChI=1S/C19H16F2N4/c20-9-3-10-22-16-7-6-13(12-14(16)21)15-8-11-25-18-5-2-1-4-17(18)24-19(25)23-15/h1-2,4-8,11-12,22H,3,9-10H2. The van der Waals surface area contributed by atoms with Gasteiger partial charge in [0.05, 0.1) is 29.1 Å². The lowest BCUT2D eigenvalue weighted by Crippen LogP contribution is -2.04. The average Bonchev–Trinajstić information content (AvgIpc) is 3.01. The Labute approximate surface area is 143 Å². The van der Waals surface area contributed by atoms with Crippen LogP contribution in [0.4, 0.5) is 14.5 Å². The zero-order valence-corrected chi connectivity index (χ0v) is 13.4. The molecule has 0 aliphatic carbocycles. The van der Waals surface area contributed by atoms with Crippen molar-refractivity contribution in [1.29, 1.82) is 0 Å². The van der Waals surface area contributed by atoms with Gasteiger partial charge in [0.25, 0.3) is 0 Å². The predicted molar refractivity (Wildman–Crippen MR) is 95.0 cm³/mol. The van der Waals surface area contributed by atoms with Crippen molar-refractivity contribution < 1.29 is 8.78 Å². The van der Waals surface area contributed by atoms with Crippen molar-refractivity contribution in [2.24, 2.45) is 0 Å². The molecule has 0 radical (unpaired) electrons. The number of para-hydroxylation sites is 2. The third-order valence-corrected chi connectivity index (χ3v) is 4.07. The van der Waals surface area contributed by atoms with Gasteiger partial charge in [-0.1, -0.05) is 18.2 Å². The highest BCUT2D eigenvalue weighted by Crippen LogP contribution is 2.24. The molecule has 6 heteroatoms. The molecule has 0 unspecified atom stereocenters. The first-order valence-corrected chi connectivity index (χ1v) is 8.10. The Morgan fingerprint density at radius 1 is 1.04 bits per heavy atom. The number of alkyl halides is 1. The number of imidazole rings is 1. The maximum atomic E-state index is 14.2. The maximum absolute atomic E-state index is 14.2. The maximum Gasteiger partial charge on any atom is 0.235 e. The summed E-state index contributed by atoms with van der Waals surface area (Å²) in [6.45, 7) is -0.0209. The third-order valence-electron chi connectivity index (χ3n) is 4.07. The summed E-state index contributed by atoms with van der Waals surface area (Å²) in [5.41, 5.74) is 3.53. The van der Waals surface area contributed by atoms with Crippen molar-refractivity contribution in [2.45, 2.75) is 6.42 Å². The number of nitrogens with one attached hydrogen (secondary N) is 1. The fourth-order valence-corrected chi connectivity index (χ4v) is 2.82. The molecule has 0 aliphatic heterocycles. The molecule has 0 bridgehead atoms. The highest BCUT2D eigenvalue weighted by molar-refractivity contribution is 5.80. The number of benzene rings is 2. The minimum atomic E-state index is -0.421. The van der Waals surface area contributed by atoms with Crippen molar-refractivity contribution >= 4 is 22.5 Å². The van der Waals surface area contributed by atoms with Gasteiger partial charge in [-0.3, -0.25) is 8.79 Å². The van der Waals surface area contributed by atoms with E-state index in [1.165, 1.54) is 6.07 Å². The van der Waals surface area contributed by atoms with E-state index < -0.39 is 6.67 Å². The van der Waals surface area contributed by atoms with E-state index in [-0.39, 0.29) is 5.82 Å². The quantitative estimate of drug-likeness (QED) is 0.546. The summed E-state index contributed by atoms with van der Waals surface area (Å²) < 4.78 is 28.3. The number of fused-ring (bicyclic) bond motifs is 3. The summed E-state index contributed by atoms with van der Waals surface area (Å²) in [5.74, 6) is 0.191. The van der Waals surface area contributed by atoms with Crippen LogP contribution >= 0.6 is 0 Å². The first kappa shape index (κ1) is 15.5. The molecule has 0 amide bonds. The molecule has 2 heterocycles. The second-order valence-corrected chi connectivity index (χ2v) is 5.75. The lowest BCUT2D eigenvalue weighted by Gasteiger charge is -2.08. The van der Waals surface area contributed by atoms with E-state index in [1.54, 1.807) is 12.1 Å². The summed E-state index contributed by atoms with van der Waals surface area (Å²) in [7, 11) is 0. The first-order valence-electron chi connectivity index (χ1n) is 8.10. The summed E-state index contributed by atoms with van der Waals surface area (Å²) in [6, 6.07) is 14.5. The highest BCUT2D eigenvalue weighted by atomic mass is 19.1. The average molecular weight is 338 g/mol. The molecule has 4 aromatic rings. The topological polar surface area (TPSA) is 42.2 Å². The monoisotopic (exact) mass is 338 g/mol. The van der Waals surface area contributed by atoms with Gasteiger partial charge in [-0.2, -0.15) is 0 Å². The number of aromatic nitrogens is 3. The molecule has 2 aromatic carbocycles. The van der Waals surface area contributed by atoms with Crippen molar-refractivity contribution in [3.05, 3.63) is 60.5 Å². The molecule has 2 aromatic heterocycles. The number of anilines is 1. The van der Waals surface area contributed by atoms with Gasteiger partial charge in [-0.05, 0) is 36.8 Å². The van der Waals surface area contributed by atoms with E-state index >= 15 is 0 Å². The summed E-state index contributed by atoms with van der Waals surface area (Å²) >= 11 is 0. The molecule has 1 N–H and O–H groups in total. The zero-order chi connectivity index (χ0) is 17.2. The molecule has 126 valence electrons. The molecule has 25 heavy (non-hydrogen) atoms. The van der Waals surface area contributed by atoms with Crippen LogP contribution in [0.15, 0.2) is 54.7 Å². The molecular weight excluding hydrogens is 322 g/mol. The van der Waals surface area contributed by atoms with Gasteiger partial charge in [0, 0.05) is 18.3 Å². The van der Waals surface area contributed by atoms with Gasteiger partial charge >= 0.3 is 0 Å². The summed E-state index contributed by atoms with van der Waals surface area (Å²) in [6.07, 6.45) is 2.24. The van der Waals surface area contributed by atoms with Gasteiger partial charge in [0.2, 0.25) is 5.78 Å². The Morgan fingerprint density at radius 3 is 2.76 bits per heavy atom. The van der Waals surface area contributed by atoms with E-state index in [0.717, 1.165) is 11.0 Å². The van der Waals surface area contributed by atoms with Crippen molar-refractivity contribution in [2.75, 3.05) is 18.5 Å². The van der Waals surface area contributed by atoms with Crippen LogP contribution < -0.4 is 5.32 Å². The Balaban J connectivity index is 1.69. The van der Waals surface area contributed by atoms with Crippen LogP contribution in [0.25, 0.3) is 28.1 Å². The number of halogens is 2. The minimum Gasteiger partial charge on any atom is -0.383 e. The molecule has 0 saturated heterocycles. The van der Waals surface area contributed by atoms with Gasteiger partial charge in [-0.15, -0.1) is 0 Å². The minimum absolute atomic E-state index is 0.354. The first-order chi connectivity index (χ1) is 12.3. The van der Waals surface area contributed by atoms with Crippen LogP contribution in [0, 0.1) is 5.82 Å². The molecule has 0 fully saturated rings. The Kier molecular flexibility index (Phi) is 4.01. The highest BCUT2D eigenvalue weighted by Gasteiger charge is 2.09. The number of rotatable bonds is 5. The molecule has 0 spiro atoms. The SMILES string of the molecule is FCCCNc1ccc(-c2ccn3c(n2)nc2ccccc23)cc1F. The summed E-state index contributed by atoms with van der Waals surface area (Å²) in [4.78, 5) is 9.05. The van der Waals surface area contributed by atoms with E-state index in [9.17, 15) is 8.78 Å². The van der Waals surface area contributed by atoms with Gasteiger partial charge < -0.3 is 5.32 Å². The summed E-state index contributed by atoms with van der Waals surface area (Å²) in [5, 5.41) is 2.89. The fraction of sp³-hybridized carbons (Fsp3) is 0.158. The second kappa shape index (κ2) is 6.47. The molecule has 4 rings (SSSR count). The van der Waals surface area contributed by atoms with Gasteiger partial charge in [0.1, 0.15) is 5.82 Å². The van der Waals surface area contributed by atoms with Gasteiger partial charge in [0.15, 0.2) is 0 Å². The normalized spacial score (nSPS) is 11.3. The van der Waals surface area contributed by atoms with Crippen LogP contribution in [0.5, 0.6) is 0 Å². The van der Waals surface area contributed by atoms with Crippen LogP contribution in [-0.2, 0) is 0 Å². The lowest BCUT2D eigenvalue weighted by molar-refractivity contribution is 0.480. The molecule has 0 aliphatic rings. The fourth-order valence-electron chi connectivity index (χ4n) is 2.82. The van der Waals surface area contributed by atoms with E-state index in [0.29, 0.717) is 35.7 Å². The number of hydrogen-bond donors (Lipinski definition) is 1. The molecular formula is C19H16F2N4. The van der Waals surface area contributed by atoms with Crippen molar-refractivity contribution in [3.63, 3.8) is 0 Å². The number of hydrogen-bond acceptors (Lipinski definition) is 3. The van der Waals surface area contributed by atoms with E-state index in [4.69, 9.17) is 0 Å². The Bertz CT molecular complexity index is 1040. The van der Waals surface area contributed by atoms with Crippen LogP contribution in [0.2, 0.25) is 0 Å². The molecule has 4 nitrogen and oxygen atoms in total. The van der Waals surface area contributed by atoms with Crippen molar-refractivity contribution in [3.8, 4) is 11.3 Å². The lowest BCUT2D eigenvalue weighted by atomic mass is 10.1. The predicted octanol–water partition coefficient (Wildman–Crippen LogP) is 4.46. The molecule has 0 atom stereocenters. The third kappa shape index (κ3) is 2.91. The Morgan fingerprint density at radius 2 is 1.92 bits per heavy atom. The van der Waals surface area contributed by atoms with E-state index in [2.05, 4.69) is 15.3 Å². The van der Waals surface area contributed by atoms with Gasteiger partial charge in [-0.25, -0.2) is 14.4 Å². The molecule has 0 saturated carbocycles. The Hall–Kier alpha value is -3.02. The van der Waals surface area contributed by atoms with Crippen LogP contribution in [-0.4, -0.2) is 27.6 Å². The van der Waals surface area contributed by atoms with Crippen LogP contribution in [0.3, 0.4) is 0 Å². The van der Waals surface area contributed by atoms with Crippen molar-refractivity contribution in [1.82, 2.24) is 14.4 Å². The number of nitrogens with zero attached hydrogens (tertiary/aromatic N) is 3. The zero-order valence-electron chi connectivity index (χ0n) is 13.4. The second-order valence-electron chi connectivity index (χ2n) is 5.75.